The number of aliphatic hydroxyl groups is 1. The van der Waals surface area contributed by atoms with E-state index in [9.17, 15) is 19.5 Å². The van der Waals surface area contributed by atoms with Crippen LogP contribution < -0.4 is 9.64 Å². The van der Waals surface area contributed by atoms with Crippen LogP contribution in [0.1, 0.15) is 53.4 Å². The number of aromatic nitrogens is 1. The molecule has 2 aromatic carbocycles. The number of benzene rings is 2. The lowest BCUT2D eigenvalue weighted by atomic mass is 9.95. The number of nitrogens with zero attached hydrogens (tertiary/aromatic N) is 2. The number of carbonyl (C=O) groups excluding carboxylic acids is 3. The maximum absolute atomic E-state index is 13.4. The Morgan fingerprint density at radius 2 is 1.97 bits per heavy atom. The number of pyridine rings is 1. The topological polar surface area (TPSA) is 106 Å². The van der Waals surface area contributed by atoms with E-state index in [0.717, 1.165) is 11.3 Å². The highest BCUT2D eigenvalue weighted by Crippen LogP contribution is 2.43. The van der Waals surface area contributed by atoms with Crippen molar-refractivity contribution in [2.45, 2.75) is 38.8 Å². The SMILES string of the molecule is CCCOC(=O)c1cccc(N2C(=O)C(=O)/C(=C(\O)c3ccc4c(c3)CC(C)O4)C2c2cccnc2)c1. The second-order valence-corrected chi connectivity index (χ2v) is 9.10. The van der Waals surface area contributed by atoms with Crippen molar-refractivity contribution in [1.82, 2.24) is 4.98 Å². The number of hydrogen-bond donors (Lipinski definition) is 1. The van der Waals surface area contributed by atoms with E-state index in [4.69, 9.17) is 9.47 Å². The number of hydrogen-bond acceptors (Lipinski definition) is 7. The molecule has 1 amide bonds. The maximum atomic E-state index is 13.4. The van der Waals surface area contributed by atoms with E-state index in [0.29, 0.717) is 29.7 Å². The Morgan fingerprint density at radius 3 is 2.73 bits per heavy atom. The van der Waals surface area contributed by atoms with E-state index >= 15 is 0 Å². The monoisotopic (exact) mass is 498 g/mol. The quantitative estimate of drug-likeness (QED) is 0.229. The summed E-state index contributed by atoms with van der Waals surface area (Å²) < 4.78 is 11.0. The first kappa shape index (κ1) is 24.2. The van der Waals surface area contributed by atoms with Gasteiger partial charge in [-0.25, -0.2) is 4.79 Å². The van der Waals surface area contributed by atoms with Crippen LogP contribution in [-0.4, -0.2) is 40.5 Å². The van der Waals surface area contributed by atoms with Crippen LogP contribution in [0.25, 0.3) is 5.76 Å². The smallest absolute Gasteiger partial charge is 0.338 e. The molecule has 1 fully saturated rings. The van der Waals surface area contributed by atoms with Gasteiger partial charge in [0.2, 0.25) is 0 Å². The van der Waals surface area contributed by atoms with Gasteiger partial charge in [0.05, 0.1) is 23.8 Å². The highest BCUT2D eigenvalue weighted by molar-refractivity contribution is 6.51. The fourth-order valence-corrected chi connectivity index (χ4v) is 4.74. The van der Waals surface area contributed by atoms with Crippen LogP contribution in [0.4, 0.5) is 5.69 Å². The maximum Gasteiger partial charge on any atom is 0.338 e. The molecule has 1 saturated heterocycles. The zero-order chi connectivity index (χ0) is 26.1. The third kappa shape index (κ3) is 4.46. The van der Waals surface area contributed by atoms with E-state index in [2.05, 4.69) is 4.98 Å². The molecule has 5 rings (SSSR count). The van der Waals surface area contributed by atoms with Crippen molar-refractivity contribution in [2.75, 3.05) is 11.5 Å². The summed E-state index contributed by atoms with van der Waals surface area (Å²) in [7, 11) is 0. The molecule has 2 atom stereocenters. The standard InChI is InChI=1S/C29H26N2O6/c1-3-12-36-29(35)19-6-4-8-22(15-19)31-25(20-7-5-11-30-16-20)24(27(33)28(31)34)26(32)18-9-10-23-21(14-18)13-17(2)37-23/h4-11,14-17,25,32H,3,12-13H2,1-2H3/b26-24-. The molecule has 3 aromatic rings. The Bertz CT molecular complexity index is 1410. The molecule has 37 heavy (non-hydrogen) atoms. The van der Waals surface area contributed by atoms with Crippen LogP contribution in [0, 0.1) is 0 Å². The number of rotatable bonds is 6. The number of fused-ring (bicyclic) bond motifs is 1. The Labute approximate surface area is 214 Å². The number of esters is 1. The van der Waals surface area contributed by atoms with Crippen molar-refractivity contribution < 1.29 is 29.0 Å². The Morgan fingerprint density at radius 1 is 1.14 bits per heavy atom. The number of aliphatic hydroxyl groups excluding tert-OH is 1. The number of ether oxygens (including phenoxy) is 2. The lowest BCUT2D eigenvalue weighted by Crippen LogP contribution is -2.29. The van der Waals surface area contributed by atoms with Gasteiger partial charge in [-0.2, -0.15) is 0 Å². The minimum Gasteiger partial charge on any atom is -0.507 e. The molecule has 2 unspecified atom stereocenters. The molecule has 2 aliphatic heterocycles. The van der Waals surface area contributed by atoms with Gasteiger partial charge in [-0.05, 0) is 66.9 Å². The van der Waals surface area contributed by atoms with Gasteiger partial charge in [0, 0.05) is 30.1 Å². The van der Waals surface area contributed by atoms with Gasteiger partial charge < -0.3 is 14.6 Å². The summed E-state index contributed by atoms with van der Waals surface area (Å²) in [6.45, 7) is 4.12. The first-order valence-electron chi connectivity index (χ1n) is 12.2. The van der Waals surface area contributed by atoms with Crippen LogP contribution in [0.2, 0.25) is 0 Å². The Hall–Kier alpha value is -4.46. The molecule has 188 valence electrons. The lowest BCUT2D eigenvalue weighted by molar-refractivity contribution is -0.132. The van der Waals surface area contributed by atoms with E-state index in [1.165, 1.54) is 11.0 Å². The number of Topliss-reactive ketones (excluding diaryl/α,β-unsaturated/α-hetero) is 1. The Balaban J connectivity index is 1.62. The molecule has 0 bridgehead atoms. The molecule has 0 radical (unpaired) electrons. The van der Waals surface area contributed by atoms with Crippen LogP contribution in [0.15, 0.2) is 72.6 Å². The van der Waals surface area contributed by atoms with E-state index < -0.39 is 23.7 Å². The number of anilines is 1. The summed E-state index contributed by atoms with van der Waals surface area (Å²) in [5, 5.41) is 11.4. The van der Waals surface area contributed by atoms with Crippen LogP contribution >= 0.6 is 0 Å². The summed E-state index contributed by atoms with van der Waals surface area (Å²) in [6, 6.07) is 14.1. The van der Waals surface area contributed by atoms with Crippen molar-refractivity contribution in [3.63, 3.8) is 0 Å². The fraction of sp³-hybridized carbons (Fsp3) is 0.241. The number of carbonyl (C=O) groups is 3. The van der Waals surface area contributed by atoms with Gasteiger partial charge in [-0.15, -0.1) is 0 Å². The minimum atomic E-state index is -0.945. The molecule has 8 nitrogen and oxygen atoms in total. The molecule has 3 heterocycles. The van der Waals surface area contributed by atoms with Gasteiger partial charge in [-0.1, -0.05) is 19.1 Å². The van der Waals surface area contributed by atoms with Crippen LogP contribution in [-0.2, 0) is 20.7 Å². The zero-order valence-electron chi connectivity index (χ0n) is 20.5. The Kier molecular flexibility index (Phi) is 6.48. The fourth-order valence-electron chi connectivity index (χ4n) is 4.74. The van der Waals surface area contributed by atoms with Crippen molar-refractivity contribution >= 4 is 29.1 Å². The summed E-state index contributed by atoms with van der Waals surface area (Å²) in [6.07, 6.45) is 4.51. The average Bonchev–Trinajstić information content (AvgIpc) is 3.42. The summed E-state index contributed by atoms with van der Waals surface area (Å²) in [5.74, 6) is -1.70. The molecule has 0 spiro atoms. The lowest BCUT2D eigenvalue weighted by Gasteiger charge is -2.25. The van der Waals surface area contributed by atoms with Crippen LogP contribution in [0.5, 0.6) is 5.75 Å². The van der Waals surface area contributed by atoms with Gasteiger partial charge in [0.1, 0.15) is 17.6 Å². The minimum absolute atomic E-state index is 0.0182. The molecular weight excluding hydrogens is 472 g/mol. The molecule has 0 aliphatic carbocycles. The molecule has 8 heteroatoms. The highest BCUT2D eigenvalue weighted by Gasteiger charge is 2.47. The number of amides is 1. The zero-order valence-corrected chi connectivity index (χ0v) is 20.5. The highest BCUT2D eigenvalue weighted by atomic mass is 16.5. The van der Waals surface area contributed by atoms with Gasteiger partial charge >= 0.3 is 5.97 Å². The molecule has 2 aliphatic rings. The van der Waals surface area contributed by atoms with Gasteiger partial charge in [0.15, 0.2) is 0 Å². The van der Waals surface area contributed by atoms with Gasteiger partial charge in [0.25, 0.3) is 11.7 Å². The molecular formula is C29H26N2O6. The predicted octanol–water partition coefficient (Wildman–Crippen LogP) is 4.60. The molecule has 1 N–H and O–H groups in total. The normalized spacial score (nSPS) is 20.0. The second-order valence-electron chi connectivity index (χ2n) is 9.10. The molecule has 1 aromatic heterocycles. The van der Waals surface area contributed by atoms with Crippen LogP contribution in [0.3, 0.4) is 0 Å². The largest absolute Gasteiger partial charge is 0.507 e. The van der Waals surface area contributed by atoms with Crippen molar-refractivity contribution in [2.24, 2.45) is 0 Å². The van der Waals surface area contributed by atoms with E-state index in [-0.39, 0.29) is 29.6 Å². The second kappa shape index (κ2) is 9.89. The van der Waals surface area contributed by atoms with E-state index in [1.54, 1.807) is 60.9 Å². The summed E-state index contributed by atoms with van der Waals surface area (Å²) in [4.78, 5) is 44.7. The molecule has 0 saturated carbocycles. The van der Waals surface area contributed by atoms with Crippen molar-refractivity contribution in [3.8, 4) is 5.75 Å². The van der Waals surface area contributed by atoms with E-state index in [1.807, 2.05) is 13.8 Å². The van der Waals surface area contributed by atoms with Crippen molar-refractivity contribution in [1.29, 1.82) is 0 Å². The summed E-state index contributed by atoms with van der Waals surface area (Å²) >= 11 is 0. The summed E-state index contributed by atoms with van der Waals surface area (Å²) in [5.41, 5.74) is 2.41. The van der Waals surface area contributed by atoms with Crippen molar-refractivity contribution in [3.05, 3.63) is 94.8 Å². The third-order valence-corrected chi connectivity index (χ3v) is 6.41. The average molecular weight is 499 g/mol. The number of ketones is 1. The first-order chi connectivity index (χ1) is 17.9. The predicted molar refractivity (Wildman–Crippen MR) is 136 cm³/mol. The first-order valence-corrected chi connectivity index (χ1v) is 12.2. The third-order valence-electron chi connectivity index (χ3n) is 6.41. The van der Waals surface area contributed by atoms with Gasteiger partial charge in [-0.3, -0.25) is 19.5 Å².